The number of hydrogen-bond donors (Lipinski definition) is 0. The van der Waals surface area contributed by atoms with E-state index in [1.54, 1.807) is 11.3 Å². The van der Waals surface area contributed by atoms with Crippen LogP contribution in [-0.4, -0.2) is 0 Å². The van der Waals surface area contributed by atoms with E-state index in [-0.39, 0.29) is 0 Å². The van der Waals surface area contributed by atoms with E-state index in [1.165, 1.54) is 20.5 Å². The zero-order valence-electron chi connectivity index (χ0n) is 11.3. The quantitative estimate of drug-likeness (QED) is 0.588. The Kier molecular flexibility index (Phi) is 8.08. The Balaban J connectivity index is 0.000000581. The fraction of sp³-hybridized carbons (Fsp3) is 0.250. The summed E-state index contributed by atoms with van der Waals surface area (Å²) < 4.78 is 1.30. The minimum absolute atomic E-state index is 1.20. The molecule has 2 aromatic rings. The van der Waals surface area contributed by atoms with Crippen molar-refractivity contribution in [2.75, 3.05) is 0 Å². The number of rotatable bonds is 2. The van der Waals surface area contributed by atoms with Gasteiger partial charge in [0, 0.05) is 15.0 Å². The summed E-state index contributed by atoms with van der Waals surface area (Å²) in [4.78, 5) is 1.20. The van der Waals surface area contributed by atoms with Crippen molar-refractivity contribution in [2.24, 2.45) is 0 Å². The Bertz CT molecular complexity index is 463. The largest absolute Gasteiger partial charge is 0.135 e. The normalized spacial score (nSPS) is 8.47. The molecule has 2 rings (SSSR count). The van der Waals surface area contributed by atoms with Crippen LogP contribution in [0.25, 0.3) is 22.2 Å². The molecule has 0 bridgehead atoms. The first-order valence-corrected chi connectivity index (χ1v) is 6.95. The summed E-state index contributed by atoms with van der Waals surface area (Å²) in [7, 11) is 0. The monoisotopic (exact) mass is 246 g/mol. The fourth-order valence-corrected chi connectivity index (χ4v) is 2.50. The van der Waals surface area contributed by atoms with E-state index in [0.29, 0.717) is 0 Å². The van der Waals surface area contributed by atoms with E-state index in [4.69, 9.17) is 0 Å². The minimum Gasteiger partial charge on any atom is -0.135 e. The zero-order chi connectivity index (χ0) is 13.3. The lowest BCUT2D eigenvalue weighted by Crippen LogP contribution is -1.69. The van der Waals surface area contributed by atoms with Gasteiger partial charge in [-0.05, 0) is 11.6 Å². The van der Waals surface area contributed by atoms with Crippen LogP contribution in [0.2, 0.25) is 0 Å². The summed E-state index contributed by atoms with van der Waals surface area (Å²) in [5.74, 6) is 0. The number of hydrogen-bond acceptors (Lipinski definition) is 1. The van der Waals surface area contributed by atoms with Crippen molar-refractivity contribution in [3.63, 3.8) is 0 Å². The fourth-order valence-electron chi connectivity index (χ4n) is 1.45. The van der Waals surface area contributed by atoms with E-state index in [0.717, 1.165) is 0 Å². The first-order chi connectivity index (χ1) is 8.36. The Hall–Kier alpha value is -1.34. The highest BCUT2D eigenvalue weighted by Gasteiger charge is 2.04. The summed E-state index contributed by atoms with van der Waals surface area (Å²) >= 11 is 1.76. The molecule has 0 radical (unpaired) electrons. The van der Waals surface area contributed by atoms with Gasteiger partial charge in [0.25, 0.3) is 0 Å². The van der Waals surface area contributed by atoms with Gasteiger partial charge < -0.3 is 0 Å². The maximum absolute atomic E-state index is 3.82. The molecule has 0 spiro atoms. The van der Waals surface area contributed by atoms with Crippen LogP contribution in [0.15, 0.2) is 37.4 Å². The van der Waals surface area contributed by atoms with Gasteiger partial charge in [-0.1, -0.05) is 71.2 Å². The van der Waals surface area contributed by atoms with Gasteiger partial charge in [0.2, 0.25) is 0 Å². The second-order valence-corrected chi connectivity index (χ2v) is 3.87. The lowest BCUT2D eigenvalue weighted by atomic mass is 10.1. The molecule has 0 aliphatic rings. The Morgan fingerprint density at radius 1 is 0.941 bits per heavy atom. The summed E-state index contributed by atoms with van der Waals surface area (Å²) in [6.07, 6.45) is 3.79. The average molecular weight is 246 g/mol. The topological polar surface area (TPSA) is 0 Å². The van der Waals surface area contributed by atoms with Gasteiger partial charge in [-0.25, -0.2) is 0 Å². The number of thiophene rings is 1. The molecule has 0 aliphatic carbocycles. The Labute approximate surface area is 109 Å². The van der Waals surface area contributed by atoms with Crippen molar-refractivity contribution in [3.8, 4) is 0 Å². The molecule has 0 atom stereocenters. The predicted octanol–water partition coefficient (Wildman–Crippen LogP) is 6.24. The highest BCUT2D eigenvalue weighted by atomic mass is 32.1. The van der Waals surface area contributed by atoms with Gasteiger partial charge in [0.15, 0.2) is 0 Å². The predicted molar refractivity (Wildman–Crippen MR) is 84.7 cm³/mol. The second-order valence-electron chi connectivity index (χ2n) is 2.78. The van der Waals surface area contributed by atoms with Crippen molar-refractivity contribution in [1.29, 1.82) is 0 Å². The van der Waals surface area contributed by atoms with Crippen LogP contribution in [0.5, 0.6) is 0 Å². The van der Waals surface area contributed by atoms with Crippen molar-refractivity contribution in [1.82, 2.24) is 0 Å². The summed E-state index contributed by atoms with van der Waals surface area (Å²) in [6.45, 7) is 15.6. The molecular formula is C16H22S. The molecule has 1 heteroatoms. The Morgan fingerprint density at radius 2 is 1.53 bits per heavy atom. The van der Waals surface area contributed by atoms with Crippen LogP contribution in [0, 0.1) is 0 Å². The third-order valence-electron chi connectivity index (χ3n) is 2.05. The lowest BCUT2D eigenvalue weighted by Gasteiger charge is -1.90. The van der Waals surface area contributed by atoms with E-state index < -0.39 is 0 Å². The summed E-state index contributed by atoms with van der Waals surface area (Å²) in [6, 6.07) is 8.35. The first-order valence-electron chi connectivity index (χ1n) is 6.13. The van der Waals surface area contributed by atoms with Gasteiger partial charge in [0.1, 0.15) is 0 Å². The molecular weight excluding hydrogens is 224 g/mol. The zero-order valence-corrected chi connectivity index (χ0v) is 12.1. The van der Waals surface area contributed by atoms with Crippen LogP contribution >= 0.6 is 11.3 Å². The van der Waals surface area contributed by atoms with E-state index >= 15 is 0 Å². The second kappa shape index (κ2) is 8.77. The van der Waals surface area contributed by atoms with Gasteiger partial charge in [0.05, 0.1) is 0 Å². The number of fused-ring (bicyclic) bond motifs is 1. The van der Waals surface area contributed by atoms with Crippen LogP contribution in [0.1, 0.15) is 38.1 Å². The molecule has 92 valence electrons. The third kappa shape index (κ3) is 3.57. The standard InChI is InChI=1S/C12H10S.2C2H6/c1-3-9-10-7-5-6-8-12(10)13-11(9)4-2;2*1-2/h3-8H,1-2H2;2*1-2H3. The van der Waals surface area contributed by atoms with E-state index in [9.17, 15) is 0 Å². The van der Waals surface area contributed by atoms with Gasteiger partial charge in [-0.2, -0.15) is 0 Å². The van der Waals surface area contributed by atoms with E-state index in [2.05, 4.69) is 37.4 Å². The molecule has 0 fully saturated rings. The van der Waals surface area contributed by atoms with Crippen molar-refractivity contribution in [3.05, 3.63) is 47.9 Å². The summed E-state index contributed by atoms with van der Waals surface area (Å²) in [5.41, 5.74) is 1.20. The van der Waals surface area contributed by atoms with Crippen molar-refractivity contribution >= 4 is 33.6 Å². The first kappa shape index (κ1) is 15.7. The van der Waals surface area contributed by atoms with Gasteiger partial charge >= 0.3 is 0 Å². The molecule has 1 aromatic heterocycles. The SMILES string of the molecule is C=Cc1sc2ccccc2c1C=C.CC.CC. The lowest BCUT2D eigenvalue weighted by molar-refractivity contribution is 1.50. The molecule has 0 aliphatic heterocycles. The highest BCUT2D eigenvalue weighted by Crippen LogP contribution is 2.32. The maximum atomic E-state index is 3.82. The van der Waals surface area contributed by atoms with Gasteiger partial charge in [-0.15, -0.1) is 11.3 Å². The minimum atomic E-state index is 1.20. The maximum Gasteiger partial charge on any atom is 0.0355 e. The van der Waals surface area contributed by atoms with Crippen LogP contribution in [0.3, 0.4) is 0 Å². The smallest absolute Gasteiger partial charge is 0.0355 e. The third-order valence-corrected chi connectivity index (χ3v) is 3.23. The molecule has 0 nitrogen and oxygen atoms in total. The average Bonchev–Trinajstić information content (AvgIpc) is 2.80. The molecule has 0 unspecified atom stereocenters. The molecule has 0 N–H and O–H groups in total. The van der Waals surface area contributed by atoms with Crippen molar-refractivity contribution < 1.29 is 0 Å². The molecule has 17 heavy (non-hydrogen) atoms. The molecule has 0 saturated heterocycles. The molecule has 1 heterocycles. The highest BCUT2D eigenvalue weighted by molar-refractivity contribution is 7.20. The van der Waals surface area contributed by atoms with Crippen LogP contribution in [-0.2, 0) is 0 Å². The van der Waals surface area contributed by atoms with E-state index in [1.807, 2.05) is 39.8 Å². The summed E-state index contributed by atoms with van der Waals surface area (Å²) in [5, 5.41) is 1.28. The number of benzene rings is 1. The molecule has 0 saturated carbocycles. The molecule has 0 amide bonds. The Morgan fingerprint density at radius 3 is 2.06 bits per heavy atom. The van der Waals surface area contributed by atoms with Gasteiger partial charge in [-0.3, -0.25) is 0 Å². The van der Waals surface area contributed by atoms with Crippen molar-refractivity contribution in [2.45, 2.75) is 27.7 Å². The van der Waals surface area contributed by atoms with Crippen LogP contribution in [0.4, 0.5) is 0 Å². The van der Waals surface area contributed by atoms with Crippen LogP contribution < -0.4 is 0 Å². The molecule has 1 aromatic carbocycles.